The number of amides is 1. The predicted octanol–water partition coefficient (Wildman–Crippen LogP) is 1.69. The molecule has 1 amide bonds. The molecule has 1 atom stereocenters. The molecule has 0 saturated carbocycles. The van der Waals surface area contributed by atoms with E-state index in [2.05, 4.69) is 10.3 Å². The second-order valence-corrected chi connectivity index (χ2v) is 4.36. The molecule has 2 aromatic rings. The summed E-state index contributed by atoms with van der Waals surface area (Å²) >= 11 is 0. The number of aromatic nitrogens is 1. The number of carbonyl (C=O) groups excluding carboxylic acids is 1. The van der Waals surface area contributed by atoms with Gasteiger partial charge in [0.05, 0.1) is 13.2 Å². The van der Waals surface area contributed by atoms with Gasteiger partial charge < -0.3 is 15.2 Å². The molecule has 2 N–H and O–H groups in total. The Morgan fingerprint density at radius 3 is 2.76 bits per heavy atom. The summed E-state index contributed by atoms with van der Waals surface area (Å²) in [5.41, 5.74) is 0.718. The molecular formula is C15H15FN2O3. The van der Waals surface area contributed by atoms with E-state index in [4.69, 9.17) is 4.74 Å². The molecule has 0 spiro atoms. The number of carbonyl (C=O) groups is 1. The fourth-order valence-electron chi connectivity index (χ4n) is 1.75. The first-order valence-corrected chi connectivity index (χ1v) is 6.32. The fourth-order valence-corrected chi connectivity index (χ4v) is 1.75. The van der Waals surface area contributed by atoms with E-state index in [1.54, 1.807) is 6.07 Å². The van der Waals surface area contributed by atoms with Crippen molar-refractivity contribution < 1.29 is 19.0 Å². The Bertz CT molecular complexity index is 617. The lowest BCUT2D eigenvalue weighted by atomic mass is 10.1. The summed E-state index contributed by atoms with van der Waals surface area (Å²) in [5, 5.41) is 12.5. The lowest BCUT2D eigenvalue weighted by molar-refractivity contribution is 0.0911. The van der Waals surface area contributed by atoms with Crippen molar-refractivity contribution in [1.82, 2.24) is 10.3 Å². The van der Waals surface area contributed by atoms with Gasteiger partial charge in [-0.2, -0.15) is 0 Å². The van der Waals surface area contributed by atoms with Gasteiger partial charge in [0.25, 0.3) is 5.91 Å². The first kappa shape index (κ1) is 14.9. The topological polar surface area (TPSA) is 71.5 Å². The molecule has 0 radical (unpaired) electrons. The van der Waals surface area contributed by atoms with Gasteiger partial charge in [0.2, 0.25) is 0 Å². The van der Waals surface area contributed by atoms with Gasteiger partial charge in [-0.1, -0.05) is 12.1 Å². The molecule has 1 aromatic carbocycles. The van der Waals surface area contributed by atoms with E-state index < -0.39 is 12.0 Å². The number of hydrogen-bond donors (Lipinski definition) is 2. The molecule has 1 aromatic heterocycles. The summed E-state index contributed by atoms with van der Waals surface area (Å²) in [6.07, 6.45) is 0.546. The average Bonchev–Trinajstić information content (AvgIpc) is 2.53. The Balaban J connectivity index is 1.95. The van der Waals surface area contributed by atoms with E-state index in [1.165, 1.54) is 43.6 Å². The number of nitrogens with zero attached hydrogens (tertiary/aromatic N) is 1. The van der Waals surface area contributed by atoms with Gasteiger partial charge in [-0.15, -0.1) is 0 Å². The van der Waals surface area contributed by atoms with Crippen LogP contribution in [0.3, 0.4) is 0 Å². The zero-order valence-electron chi connectivity index (χ0n) is 11.4. The quantitative estimate of drug-likeness (QED) is 0.879. The number of aliphatic hydroxyl groups excluding tert-OH is 1. The highest BCUT2D eigenvalue weighted by molar-refractivity contribution is 5.92. The predicted molar refractivity (Wildman–Crippen MR) is 74.5 cm³/mol. The molecule has 0 saturated heterocycles. The summed E-state index contributed by atoms with van der Waals surface area (Å²) in [5.74, 6) is -0.278. The molecule has 110 valence electrons. The molecule has 2 rings (SSSR count). The number of pyridine rings is 1. The van der Waals surface area contributed by atoms with Crippen molar-refractivity contribution in [3.8, 4) is 5.75 Å². The standard InChI is InChI=1S/C15H15FN2O3/c1-21-12-6-7-17-13(8-12)15(20)18-9-14(19)10-2-4-11(16)5-3-10/h2-8,14,19H,9H2,1H3,(H,18,20). The maximum Gasteiger partial charge on any atom is 0.270 e. The van der Waals surface area contributed by atoms with Crippen molar-refractivity contribution in [2.75, 3.05) is 13.7 Å². The van der Waals surface area contributed by atoms with Gasteiger partial charge in [-0.05, 0) is 23.8 Å². The van der Waals surface area contributed by atoms with Gasteiger partial charge in [-0.25, -0.2) is 4.39 Å². The monoisotopic (exact) mass is 290 g/mol. The Morgan fingerprint density at radius 1 is 1.38 bits per heavy atom. The van der Waals surface area contributed by atoms with Crippen LogP contribution in [0.15, 0.2) is 42.6 Å². The van der Waals surface area contributed by atoms with E-state index in [-0.39, 0.29) is 18.1 Å². The van der Waals surface area contributed by atoms with Crippen LogP contribution >= 0.6 is 0 Å². The van der Waals surface area contributed by atoms with Crippen LogP contribution in [0.1, 0.15) is 22.2 Å². The molecule has 0 aliphatic carbocycles. The number of nitrogens with one attached hydrogen (secondary N) is 1. The van der Waals surface area contributed by atoms with Crippen molar-refractivity contribution in [3.63, 3.8) is 0 Å². The molecule has 21 heavy (non-hydrogen) atoms. The molecular weight excluding hydrogens is 275 g/mol. The summed E-state index contributed by atoms with van der Waals surface area (Å²) in [6.45, 7) is 0.00333. The molecule has 1 heterocycles. The number of ether oxygens (including phenoxy) is 1. The maximum atomic E-state index is 12.8. The third-order valence-corrected chi connectivity index (χ3v) is 2.91. The summed E-state index contributed by atoms with van der Waals surface area (Å²) in [6, 6.07) is 8.57. The van der Waals surface area contributed by atoms with E-state index >= 15 is 0 Å². The highest BCUT2D eigenvalue weighted by atomic mass is 19.1. The molecule has 0 aliphatic heterocycles. The smallest absolute Gasteiger partial charge is 0.270 e. The molecule has 0 fully saturated rings. The van der Waals surface area contributed by atoms with Crippen LogP contribution in [-0.2, 0) is 0 Å². The fraction of sp³-hybridized carbons (Fsp3) is 0.200. The van der Waals surface area contributed by atoms with Gasteiger partial charge in [0.1, 0.15) is 17.3 Å². The number of hydrogen-bond acceptors (Lipinski definition) is 4. The summed E-state index contributed by atoms with van der Waals surface area (Å²) in [4.78, 5) is 15.8. The lowest BCUT2D eigenvalue weighted by Crippen LogP contribution is -2.29. The lowest BCUT2D eigenvalue weighted by Gasteiger charge is -2.12. The number of halogens is 1. The Labute approximate surface area is 121 Å². The van der Waals surface area contributed by atoms with Crippen molar-refractivity contribution in [3.05, 3.63) is 59.7 Å². The SMILES string of the molecule is COc1ccnc(C(=O)NCC(O)c2ccc(F)cc2)c1. The van der Waals surface area contributed by atoms with Crippen molar-refractivity contribution in [2.45, 2.75) is 6.10 Å². The normalized spacial score (nSPS) is 11.8. The summed E-state index contributed by atoms with van der Waals surface area (Å²) < 4.78 is 17.8. The van der Waals surface area contributed by atoms with Crippen LogP contribution in [-0.4, -0.2) is 29.7 Å². The van der Waals surface area contributed by atoms with Crippen LogP contribution in [0, 0.1) is 5.82 Å². The number of rotatable bonds is 5. The minimum Gasteiger partial charge on any atom is -0.497 e. The third kappa shape index (κ3) is 4.00. The van der Waals surface area contributed by atoms with Crippen LogP contribution < -0.4 is 10.1 Å². The Morgan fingerprint density at radius 2 is 2.10 bits per heavy atom. The molecule has 1 unspecified atom stereocenters. The number of benzene rings is 1. The molecule has 0 bridgehead atoms. The number of aliphatic hydroxyl groups is 1. The van der Waals surface area contributed by atoms with Crippen LogP contribution in [0.4, 0.5) is 4.39 Å². The number of methoxy groups -OCH3 is 1. The minimum absolute atomic E-state index is 0.00333. The minimum atomic E-state index is -0.917. The molecule has 6 heteroatoms. The third-order valence-electron chi connectivity index (χ3n) is 2.91. The molecule has 5 nitrogen and oxygen atoms in total. The second kappa shape index (κ2) is 6.81. The zero-order chi connectivity index (χ0) is 15.2. The largest absolute Gasteiger partial charge is 0.497 e. The maximum absolute atomic E-state index is 12.8. The zero-order valence-corrected chi connectivity index (χ0v) is 11.4. The first-order chi connectivity index (χ1) is 10.1. The van der Waals surface area contributed by atoms with Crippen LogP contribution in [0.25, 0.3) is 0 Å². The van der Waals surface area contributed by atoms with Gasteiger partial charge in [0, 0.05) is 18.8 Å². The van der Waals surface area contributed by atoms with Crippen LogP contribution in [0.5, 0.6) is 5.75 Å². The van der Waals surface area contributed by atoms with Crippen molar-refractivity contribution >= 4 is 5.91 Å². The summed E-state index contributed by atoms with van der Waals surface area (Å²) in [7, 11) is 1.50. The van der Waals surface area contributed by atoms with Gasteiger partial charge in [-0.3, -0.25) is 9.78 Å². The van der Waals surface area contributed by atoms with Crippen molar-refractivity contribution in [1.29, 1.82) is 0 Å². The second-order valence-electron chi connectivity index (χ2n) is 4.36. The van der Waals surface area contributed by atoms with E-state index in [0.717, 1.165) is 0 Å². The first-order valence-electron chi connectivity index (χ1n) is 6.32. The highest BCUT2D eigenvalue weighted by Gasteiger charge is 2.12. The average molecular weight is 290 g/mol. The van der Waals surface area contributed by atoms with Gasteiger partial charge in [0.15, 0.2) is 0 Å². The van der Waals surface area contributed by atoms with E-state index in [1.807, 2.05) is 0 Å². The Hall–Kier alpha value is -2.47. The van der Waals surface area contributed by atoms with Gasteiger partial charge >= 0.3 is 0 Å². The molecule has 0 aliphatic rings. The Kier molecular flexibility index (Phi) is 4.84. The van der Waals surface area contributed by atoms with Crippen LogP contribution in [0.2, 0.25) is 0 Å². The van der Waals surface area contributed by atoms with Crippen molar-refractivity contribution in [2.24, 2.45) is 0 Å². The van der Waals surface area contributed by atoms with E-state index in [0.29, 0.717) is 11.3 Å². The highest BCUT2D eigenvalue weighted by Crippen LogP contribution is 2.13. The van der Waals surface area contributed by atoms with E-state index in [9.17, 15) is 14.3 Å².